The summed E-state index contributed by atoms with van der Waals surface area (Å²) in [5, 5.41) is 21.2. The molecule has 0 aliphatic heterocycles. The van der Waals surface area contributed by atoms with Gasteiger partial charge in [-0.2, -0.15) is 0 Å². The molecule has 3 aromatic carbocycles. The van der Waals surface area contributed by atoms with Gasteiger partial charge in [0.15, 0.2) is 9.60 Å². The number of thiazole rings is 2. The number of halogens is 2. The Labute approximate surface area is 252 Å². The molecule has 0 spiro atoms. The Balaban J connectivity index is 0.00000200. The van der Waals surface area contributed by atoms with Crippen LogP contribution >= 0.6 is 56.6 Å². The number of hydrogen-bond donors (Lipinski definition) is 2. The van der Waals surface area contributed by atoms with Gasteiger partial charge in [-0.15, -0.1) is 56.6 Å². The zero-order valence-electron chi connectivity index (χ0n) is 21.0. The molecule has 2 heterocycles. The van der Waals surface area contributed by atoms with E-state index in [9.17, 15) is 0 Å². The monoisotopic (exact) mass is 670 g/mol. The molecule has 5 rings (SSSR count). The summed E-state index contributed by atoms with van der Waals surface area (Å²) in [4.78, 5) is 1.17. The van der Waals surface area contributed by atoms with E-state index in [2.05, 4.69) is 92.7 Å². The molecule has 8 heteroatoms. The molecule has 0 amide bonds. The van der Waals surface area contributed by atoms with Crippen LogP contribution < -0.4 is 9.60 Å². The topological polar surface area (TPSA) is 57.6 Å². The van der Waals surface area contributed by atoms with Gasteiger partial charge in [0.2, 0.25) is 0 Å². The highest BCUT2D eigenvalue weighted by molar-refractivity contribution is 8.93. The number of benzene rings is 3. The Kier molecular flexibility index (Phi) is 11.5. The van der Waals surface area contributed by atoms with Crippen molar-refractivity contribution >= 4 is 56.6 Å². The van der Waals surface area contributed by atoms with Crippen LogP contribution in [0.3, 0.4) is 0 Å². The molecule has 198 valence electrons. The maximum absolute atomic E-state index is 8.48. The van der Waals surface area contributed by atoms with Crippen LogP contribution in [-0.2, 0) is 25.9 Å². The van der Waals surface area contributed by atoms with Crippen LogP contribution in [0.25, 0.3) is 22.5 Å². The third-order valence-corrected chi connectivity index (χ3v) is 8.04. The minimum Gasteiger partial charge on any atom is -0.317 e. The molecule has 38 heavy (non-hydrogen) atoms. The van der Waals surface area contributed by atoms with Crippen molar-refractivity contribution in [3.8, 4) is 22.5 Å². The van der Waals surface area contributed by atoms with Gasteiger partial charge >= 0.3 is 0 Å². The van der Waals surface area contributed by atoms with E-state index in [0.717, 1.165) is 61.3 Å². The van der Waals surface area contributed by atoms with E-state index in [0.29, 0.717) is 9.60 Å². The lowest BCUT2D eigenvalue weighted by atomic mass is 10.1. The maximum atomic E-state index is 8.48. The van der Waals surface area contributed by atoms with E-state index in [1.165, 1.54) is 33.8 Å². The predicted octanol–water partition coefficient (Wildman–Crippen LogP) is 8.13. The van der Waals surface area contributed by atoms with Crippen molar-refractivity contribution in [2.75, 3.05) is 0 Å². The van der Waals surface area contributed by atoms with Crippen LogP contribution in [0.15, 0.2) is 95.7 Å². The van der Waals surface area contributed by atoms with Crippen molar-refractivity contribution in [2.24, 2.45) is 0 Å². The first-order valence-corrected chi connectivity index (χ1v) is 14.1. The molecular weight excluding hydrogens is 640 g/mol. The molecule has 0 radical (unpaired) electrons. The summed E-state index contributed by atoms with van der Waals surface area (Å²) in [5.74, 6) is 0. The summed E-state index contributed by atoms with van der Waals surface area (Å²) in [5.41, 5.74) is 7.10. The Morgan fingerprint density at radius 3 is 1.39 bits per heavy atom. The maximum Gasteiger partial charge on any atom is 0.182 e. The molecule has 4 nitrogen and oxygen atoms in total. The number of rotatable bonds is 10. The molecule has 0 saturated carbocycles. The number of nitrogens with one attached hydrogen (secondary N) is 2. The van der Waals surface area contributed by atoms with Crippen molar-refractivity contribution in [2.45, 2.75) is 38.8 Å². The number of aromatic nitrogens is 2. The molecule has 0 unspecified atom stereocenters. The fourth-order valence-corrected chi connectivity index (χ4v) is 6.20. The zero-order valence-corrected chi connectivity index (χ0v) is 26.1. The van der Waals surface area contributed by atoms with Crippen LogP contribution in [0.2, 0.25) is 0 Å². The van der Waals surface area contributed by atoms with E-state index < -0.39 is 0 Å². The number of aryl methyl sites for hydroxylation is 2. The van der Waals surface area contributed by atoms with Gasteiger partial charge in [-0.1, -0.05) is 78.9 Å². The smallest absolute Gasteiger partial charge is 0.182 e. The second-order valence-corrected chi connectivity index (χ2v) is 10.6. The Morgan fingerprint density at radius 2 is 0.974 bits per heavy atom. The first-order valence-electron chi connectivity index (χ1n) is 12.3. The van der Waals surface area contributed by atoms with Crippen molar-refractivity contribution < 1.29 is 0 Å². The lowest BCUT2D eigenvalue weighted by Gasteiger charge is -2.12. The zero-order chi connectivity index (χ0) is 24.7. The van der Waals surface area contributed by atoms with Gasteiger partial charge in [0.25, 0.3) is 0 Å². The molecule has 0 aliphatic carbocycles. The van der Waals surface area contributed by atoms with Gasteiger partial charge in [-0.3, -0.25) is 10.8 Å². The summed E-state index contributed by atoms with van der Waals surface area (Å²) < 4.78 is 4.26. The van der Waals surface area contributed by atoms with E-state index in [1.807, 2.05) is 12.1 Å². The molecule has 0 aliphatic rings. The highest BCUT2D eigenvalue weighted by Gasteiger charge is 2.12. The lowest BCUT2D eigenvalue weighted by Crippen LogP contribution is -2.15. The molecule has 0 fully saturated rings. The quantitative estimate of drug-likeness (QED) is 0.151. The minimum atomic E-state index is 0. The third-order valence-electron chi connectivity index (χ3n) is 6.47. The molecule has 2 N–H and O–H groups in total. The number of nitrogens with zero attached hydrogens (tertiary/aromatic N) is 2. The van der Waals surface area contributed by atoms with E-state index >= 15 is 0 Å². The van der Waals surface area contributed by atoms with Gasteiger partial charge in [0, 0.05) is 23.8 Å². The van der Waals surface area contributed by atoms with Crippen LogP contribution in [0.1, 0.15) is 24.0 Å². The van der Waals surface area contributed by atoms with Gasteiger partial charge in [0.1, 0.15) is 0 Å². The Hall–Kier alpha value is -2.52. The highest BCUT2D eigenvalue weighted by atomic mass is 79.9. The van der Waals surface area contributed by atoms with Gasteiger partial charge in [0.05, 0.1) is 11.4 Å². The van der Waals surface area contributed by atoms with Crippen LogP contribution in [0.4, 0.5) is 0 Å². The van der Waals surface area contributed by atoms with Crippen LogP contribution in [0, 0.1) is 10.8 Å². The average Bonchev–Trinajstić information content (AvgIpc) is 3.47. The van der Waals surface area contributed by atoms with E-state index in [-0.39, 0.29) is 34.0 Å². The van der Waals surface area contributed by atoms with E-state index in [4.69, 9.17) is 10.8 Å². The van der Waals surface area contributed by atoms with Gasteiger partial charge < -0.3 is 9.13 Å². The molecular formula is C30H32Br2N4S2. The van der Waals surface area contributed by atoms with E-state index in [1.54, 1.807) is 0 Å². The van der Waals surface area contributed by atoms with Crippen molar-refractivity contribution in [3.05, 3.63) is 116 Å². The average molecular weight is 673 g/mol. The molecule has 0 atom stereocenters. The predicted molar refractivity (Wildman–Crippen MR) is 171 cm³/mol. The first kappa shape index (κ1) is 30.0. The summed E-state index contributed by atoms with van der Waals surface area (Å²) in [6.45, 7) is 1.65. The third kappa shape index (κ3) is 7.32. The summed E-state index contributed by atoms with van der Waals surface area (Å²) >= 11 is 2.97. The van der Waals surface area contributed by atoms with Crippen molar-refractivity contribution in [1.29, 1.82) is 10.8 Å². The van der Waals surface area contributed by atoms with Gasteiger partial charge in [-0.25, -0.2) is 0 Å². The van der Waals surface area contributed by atoms with Crippen molar-refractivity contribution in [3.63, 3.8) is 0 Å². The second-order valence-electron chi connectivity index (χ2n) is 8.91. The lowest BCUT2D eigenvalue weighted by molar-refractivity contribution is 0.628. The number of hydrogen-bond acceptors (Lipinski definition) is 4. The van der Waals surface area contributed by atoms with Crippen LogP contribution in [0.5, 0.6) is 0 Å². The Morgan fingerprint density at radius 1 is 0.553 bits per heavy atom. The summed E-state index contributed by atoms with van der Waals surface area (Å²) in [6, 6.07) is 29.7. The fraction of sp³-hybridized carbons (Fsp3) is 0.200. The summed E-state index contributed by atoms with van der Waals surface area (Å²) in [7, 11) is 0. The van der Waals surface area contributed by atoms with Gasteiger partial charge in [-0.05, 0) is 54.0 Å². The standard InChI is InChI=1S/C30H30N4S2.2BrH/c31-29-33(18-8-14-23-10-3-1-4-11-23)27(21-35-29)25-16-7-17-26(20-25)28-22-36-30(32)34(28)19-9-15-24-12-5-2-6-13-24;;/h1-7,10-13,16-17,20-22,31-32H,8-9,14-15,18-19H2;2*1H. The fourth-order valence-electron chi connectivity index (χ4n) is 4.60. The SMILES string of the molecule is Br.Br.N=c1scc(-c2cccc(-c3csc(=N)n3CCCc3ccccc3)c2)n1CCCc1ccccc1. The van der Waals surface area contributed by atoms with Crippen molar-refractivity contribution in [1.82, 2.24) is 9.13 Å². The molecule has 2 aromatic heterocycles. The minimum absolute atomic E-state index is 0. The molecule has 0 bridgehead atoms. The first-order chi connectivity index (χ1) is 17.7. The largest absolute Gasteiger partial charge is 0.317 e. The summed E-state index contributed by atoms with van der Waals surface area (Å²) in [6.07, 6.45) is 4.01. The Bertz CT molecular complexity index is 1420. The second kappa shape index (κ2) is 14.6. The normalized spacial score (nSPS) is 10.5. The van der Waals surface area contributed by atoms with Crippen LogP contribution in [-0.4, -0.2) is 9.13 Å². The molecule has 0 saturated heterocycles. The highest BCUT2D eigenvalue weighted by Crippen LogP contribution is 2.28. The molecule has 5 aromatic rings.